The third-order valence-corrected chi connectivity index (χ3v) is 4.40. The van der Waals surface area contributed by atoms with Crippen LogP contribution in [0.2, 0.25) is 0 Å². The number of nitrogens with one attached hydrogen (secondary N) is 1. The van der Waals surface area contributed by atoms with Crippen LogP contribution >= 0.6 is 23.1 Å². The first-order valence-corrected chi connectivity index (χ1v) is 7.58. The van der Waals surface area contributed by atoms with Gasteiger partial charge < -0.3 is 4.52 Å². The first-order chi connectivity index (χ1) is 9.10. The Morgan fingerprint density at radius 2 is 2.21 bits per heavy atom. The lowest BCUT2D eigenvalue weighted by molar-refractivity contribution is -0.113. The Bertz CT molecular complexity index is 579. The highest BCUT2D eigenvalue weighted by Crippen LogP contribution is 2.23. The number of aryl methyl sites for hydroxylation is 2. The molecular weight excluding hydrogens is 284 g/mol. The number of anilines is 1. The molecule has 0 aliphatic rings. The van der Waals surface area contributed by atoms with Crippen molar-refractivity contribution in [1.82, 2.24) is 15.4 Å². The summed E-state index contributed by atoms with van der Waals surface area (Å²) >= 11 is 2.83. The van der Waals surface area contributed by atoms with Crippen LogP contribution in [0, 0.1) is 13.8 Å². The number of hydrogen-bond donors (Lipinski definition) is 1. The zero-order chi connectivity index (χ0) is 13.8. The minimum absolute atomic E-state index is 0.135. The summed E-state index contributed by atoms with van der Waals surface area (Å²) in [6, 6.07) is 0. The summed E-state index contributed by atoms with van der Waals surface area (Å²) < 4.78 is 5.89. The van der Waals surface area contributed by atoms with Gasteiger partial charge in [0.1, 0.15) is 5.01 Å². The summed E-state index contributed by atoms with van der Waals surface area (Å²) in [7, 11) is 0. The van der Waals surface area contributed by atoms with E-state index < -0.39 is 0 Å². The number of rotatable bonds is 5. The first-order valence-electron chi connectivity index (χ1n) is 5.78. The Hall–Kier alpha value is -1.41. The van der Waals surface area contributed by atoms with Crippen LogP contribution in [0.5, 0.6) is 0 Å². The topological polar surface area (TPSA) is 80.9 Å². The summed E-state index contributed by atoms with van der Waals surface area (Å²) in [5.74, 6) is 0.583. The molecule has 0 bridgehead atoms. The van der Waals surface area contributed by atoms with E-state index in [2.05, 4.69) is 20.7 Å². The summed E-state index contributed by atoms with van der Waals surface area (Å²) in [6.07, 6.45) is 0.772. The number of hydrogen-bond acceptors (Lipinski definition) is 7. The van der Waals surface area contributed by atoms with E-state index in [1.54, 1.807) is 0 Å². The van der Waals surface area contributed by atoms with Crippen LogP contribution in [0.1, 0.15) is 23.2 Å². The number of carbonyl (C=O) groups is 1. The lowest BCUT2D eigenvalue weighted by Crippen LogP contribution is -2.14. The molecule has 2 heterocycles. The van der Waals surface area contributed by atoms with Gasteiger partial charge in [-0.05, 0) is 20.3 Å². The van der Waals surface area contributed by atoms with Crippen molar-refractivity contribution in [2.24, 2.45) is 0 Å². The molecule has 2 rings (SSSR count). The molecule has 102 valence electrons. The van der Waals surface area contributed by atoms with Crippen LogP contribution in [-0.2, 0) is 11.2 Å². The van der Waals surface area contributed by atoms with Crippen molar-refractivity contribution < 1.29 is 9.32 Å². The number of carbonyl (C=O) groups excluding carboxylic acids is 1. The molecule has 0 atom stereocenters. The third kappa shape index (κ3) is 3.54. The maximum atomic E-state index is 11.8. The summed E-state index contributed by atoms with van der Waals surface area (Å²) in [5.41, 5.74) is 1.75. The molecule has 0 fully saturated rings. The maximum Gasteiger partial charge on any atom is 0.237 e. The van der Waals surface area contributed by atoms with Gasteiger partial charge in [0.25, 0.3) is 0 Å². The molecule has 0 saturated heterocycles. The molecule has 6 nitrogen and oxygen atoms in total. The summed E-state index contributed by atoms with van der Waals surface area (Å²) in [5, 5.41) is 15.3. The van der Waals surface area contributed by atoms with Gasteiger partial charge in [-0.15, -0.1) is 10.2 Å². The lowest BCUT2D eigenvalue weighted by atomic mass is 10.2. The second-order valence-electron chi connectivity index (χ2n) is 3.85. The predicted molar refractivity (Wildman–Crippen MR) is 74.6 cm³/mol. The van der Waals surface area contributed by atoms with E-state index in [-0.39, 0.29) is 11.7 Å². The lowest BCUT2D eigenvalue weighted by Gasteiger charge is -2.01. The smallest absolute Gasteiger partial charge is 0.237 e. The van der Waals surface area contributed by atoms with Gasteiger partial charge >= 0.3 is 0 Å². The molecule has 0 unspecified atom stereocenters. The molecule has 19 heavy (non-hydrogen) atoms. The molecule has 0 aliphatic carbocycles. The van der Waals surface area contributed by atoms with Gasteiger partial charge in [-0.2, -0.15) is 0 Å². The zero-order valence-electron chi connectivity index (χ0n) is 10.9. The van der Waals surface area contributed by atoms with Crippen LogP contribution in [0.25, 0.3) is 0 Å². The van der Waals surface area contributed by atoms with Gasteiger partial charge in [0.2, 0.25) is 11.8 Å². The fourth-order valence-electron chi connectivity index (χ4n) is 1.53. The van der Waals surface area contributed by atoms with Gasteiger partial charge in [0.15, 0.2) is 4.34 Å². The van der Waals surface area contributed by atoms with Crippen LogP contribution in [0.4, 0.5) is 5.88 Å². The molecule has 2 aromatic rings. The van der Waals surface area contributed by atoms with Gasteiger partial charge in [0, 0.05) is 5.56 Å². The fourth-order valence-corrected chi connectivity index (χ4v) is 3.15. The normalized spacial score (nSPS) is 10.7. The van der Waals surface area contributed by atoms with Crippen molar-refractivity contribution in [3.05, 3.63) is 16.3 Å². The second-order valence-corrected chi connectivity index (χ2v) is 6.26. The van der Waals surface area contributed by atoms with Crippen molar-refractivity contribution >= 4 is 34.9 Å². The number of amides is 1. The molecule has 0 radical (unpaired) electrons. The number of aromatic nitrogens is 3. The van der Waals surface area contributed by atoms with Crippen molar-refractivity contribution in [2.75, 3.05) is 11.1 Å². The SMILES string of the molecule is CCc1c(C)noc1NC(=O)CSc1nnc(C)s1. The Labute approximate surface area is 119 Å². The van der Waals surface area contributed by atoms with Crippen LogP contribution in [-0.4, -0.2) is 27.0 Å². The number of nitrogens with zero attached hydrogens (tertiary/aromatic N) is 3. The van der Waals surface area contributed by atoms with Crippen molar-refractivity contribution in [3.63, 3.8) is 0 Å². The fraction of sp³-hybridized carbons (Fsp3) is 0.455. The third-order valence-electron chi connectivity index (χ3n) is 2.43. The van der Waals surface area contributed by atoms with Gasteiger partial charge in [-0.25, -0.2) is 0 Å². The molecular formula is C11H14N4O2S2. The standard InChI is InChI=1S/C11H14N4O2S2/c1-4-8-6(2)15-17-10(8)12-9(16)5-18-11-14-13-7(3)19-11/h4-5H2,1-3H3,(H,12,16). The van der Waals surface area contributed by atoms with E-state index >= 15 is 0 Å². The van der Waals surface area contributed by atoms with E-state index in [9.17, 15) is 4.79 Å². The Balaban J connectivity index is 1.90. The Kier molecular flexibility index (Phi) is 4.54. The van der Waals surface area contributed by atoms with Gasteiger partial charge in [0.05, 0.1) is 11.4 Å². The second kappa shape index (κ2) is 6.16. The minimum Gasteiger partial charge on any atom is -0.338 e. The highest BCUT2D eigenvalue weighted by Gasteiger charge is 2.14. The van der Waals surface area contributed by atoms with Crippen LogP contribution in [0.3, 0.4) is 0 Å². The molecule has 8 heteroatoms. The summed E-state index contributed by atoms with van der Waals surface area (Å²) in [6.45, 7) is 5.73. The molecule has 0 spiro atoms. The van der Waals surface area contributed by atoms with E-state index in [0.29, 0.717) is 5.88 Å². The van der Waals surface area contributed by atoms with E-state index in [1.165, 1.54) is 23.1 Å². The average molecular weight is 298 g/mol. The van der Waals surface area contributed by atoms with Crippen LogP contribution < -0.4 is 5.32 Å². The molecule has 2 aromatic heterocycles. The molecule has 0 aliphatic heterocycles. The highest BCUT2D eigenvalue weighted by molar-refractivity contribution is 8.01. The largest absolute Gasteiger partial charge is 0.338 e. The van der Waals surface area contributed by atoms with E-state index in [1.807, 2.05) is 20.8 Å². The maximum absolute atomic E-state index is 11.8. The zero-order valence-corrected chi connectivity index (χ0v) is 12.5. The quantitative estimate of drug-likeness (QED) is 0.854. The first kappa shape index (κ1) is 14.0. The predicted octanol–water partition coefficient (Wildman–Crippen LogP) is 2.44. The van der Waals surface area contributed by atoms with Crippen LogP contribution in [0.15, 0.2) is 8.86 Å². The molecule has 0 aromatic carbocycles. The van der Waals surface area contributed by atoms with E-state index in [0.717, 1.165) is 27.0 Å². The van der Waals surface area contributed by atoms with Crippen molar-refractivity contribution in [1.29, 1.82) is 0 Å². The van der Waals surface area contributed by atoms with Gasteiger partial charge in [-0.3, -0.25) is 10.1 Å². The Morgan fingerprint density at radius 1 is 1.42 bits per heavy atom. The monoisotopic (exact) mass is 298 g/mol. The number of thioether (sulfide) groups is 1. The average Bonchev–Trinajstić information content (AvgIpc) is 2.94. The van der Waals surface area contributed by atoms with Crippen molar-refractivity contribution in [2.45, 2.75) is 31.5 Å². The minimum atomic E-state index is -0.135. The molecule has 1 amide bonds. The molecule has 1 N–H and O–H groups in total. The highest BCUT2D eigenvalue weighted by atomic mass is 32.2. The van der Waals surface area contributed by atoms with E-state index in [4.69, 9.17) is 4.52 Å². The van der Waals surface area contributed by atoms with Gasteiger partial charge in [-0.1, -0.05) is 35.2 Å². The summed E-state index contributed by atoms with van der Waals surface area (Å²) in [4.78, 5) is 11.8. The van der Waals surface area contributed by atoms with Crippen molar-refractivity contribution in [3.8, 4) is 0 Å². The Morgan fingerprint density at radius 3 is 2.84 bits per heavy atom. The molecule has 0 saturated carbocycles.